The molecule has 0 aliphatic carbocycles. The van der Waals surface area contributed by atoms with Crippen molar-refractivity contribution in [1.82, 2.24) is 5.32 Å². The van der Waals surface area contributed by atoms with Gasteiger partial charge in [0.15, 0.2) is 6.29 Å². The minimum Gasteiger partial charge on any atom is -0.368 e. The molecule has 0 saturated heterocycles. The number of hydrogen-bond acceptors (Lipinski definition) is 3. The monoisotopic (exact) mass is 161 g/mol. The Morgan fingerprint density at radius 3 is 3.00 bits per heavy atom. The zero-order chi connectivity index (χ0) is 8.53. The van der Waals surface area contributed by atoms with Crippen molar-refractivity contribution in [3.05, 3.63) is 0 Å². The highest BCUT2D eigenvalue weighted by Crippen LogP contribution is 1.96. The van der Waals surface area contributed by atoms with Crippen LogP contribution in [0, 0.1) is 0 Å². The SMILES string of the molecule is CCOC(O)CCCNC=O. The van der Waals surface area contributed by atoms with Crippen LogP contribution >= 0.6 is 0 Å². The predicted octanol–water partition coefficient (Wildman–Crippen LogP) is -0.133. The van der Waals surface area contributed by atoms with E-state index in [2.05, 4.69) is 5.32 Å². The second-order valence-electron chi connectivity index (χ2n) is 2.12. The van der Waals surface area contributed by atoms with Crippen molar-refractivity contribution in [2.75, 3.05) is 13.2 Å². The Kier molecular flexibility index (Phi) is 7.08. The Balaban J connectivity index is 3.03. The number of hydrogen-bond donors (Lipinski definition) is 2. The van der Waals surface area contributed by atoms with E-state index in [1.54, 1.807) is 0 Å². The average molecular weight is 161 g/mol. The highest BCUT2D eigenvalue weighted by Gasteiger charge is 2.00. The lowest BCUT2D eigenvalue weighted by molar-refractivity contribution is -0.110. The molecule has 1 amide bonds. The molecule has 0 bridgehead atoms. The molecule has 0 radical (unpaired) electrons. The number of aliphatic hydroxyl groups excluding tert-OH is 1. The molecule has 4 heteroatoms. The third-order valence-electron chi connectivity index (χ3n) is 1.21. The van der Waals surface area contributed by atoms with Crippen molar-refractivity contribution < 1.29 is 14.6 Å². The van der Waals surface area contributed by atoms with Crippen LogP contribution in [0.5, 0.6) is 0 Å². The smallest absolute Gasteiger partial charge is 0.207 e. The first-order valence-electron chi connectivity index (χ1n) is 3.78. The van der Waals surface area contributed by atoms with Gasteiger partial charge in [-0.3, -0.25) is 4.79 Å². The van der Waals surface area contributed by atoms with Gasteiger partial charge in [0.25, 0.3) is 0 Å². The maximum Gasteiger partial charge on any atom is 0.207 e. The summed E-state index contributed by atoms with van der Waals surface area (Å²) in [5, 5.41) is 11.5. The Morgan fingerprint density at radius 1 is 1.73 bits per heavy atom. The van der Waals surface area contributed by atoms with Crippen molar-refractivity contribution in [3.63, 3.8) is 0 Å². The molecule has 0 rings (SSSR count). The number of nitrogens with one attached hydrogen (secondary N) is 1. The molecule has 0 aromatic carbocycles. The van der Waals surface area contributed by atoms with Crippen LogP contribution < -0.4 is 5.32 Å². The minimum atomic E-state index is -0.687. The summed E-state index contributed by atoms with van der Waals surface area (Å²) in [7, 11) is 0. The van der Waals surface area contributed by atoms with E-state index in [-0.39, 0.29) is 0 Å². The lowest BCUT2D eigenvalue weighted by atomic mass is 10.3. The second kappa shape index (κ2) is 7.50. The van der Waals surface area contributed by atoms with Crippen LogP contribution in [0.25, 0.3) is 0 Å². The average Bonchev–Trinajstić information content (AvgIpc) is 1.99. The molecule has 4 nitrogen and oxygen atoms in total. The van der Waals surface area contributed by atoms with Gasteiger partial charge in [-0.25, -0.2) is 0 Å². The number of carbonyl (C=O) groups excluding carboxylic acids is 1. The fourth-order valence-corrected chi connectivity index (χ4v) is 0.713. The van der Waals surface area contributed by atoms with Gasteiger partial charge >= 0.3 is 0 Å². The summed E-state index contributed by atoms with van der Waals surface area (Å²) in [6.45, 7) is 2.93. The fraction of sp³-hybridized carbons (Fsp3) is 0.857. The van der Waals surface area contributed by atoms with E-state index in [0.29, 0.717) is 26.0 Å². The fourth-order valence-electron chi connectivity index (χ4n) is 0.713. The molecular weight excluding hydrogens is 146 g/mol. The van der Waals surface area contributed by atoms with E-state index >= 15 is 0 Å². The largest absolute Gasteiger partial charge is 0.368 e. The molecule has 0 aliphatic rings. The number of rotatable bonds is 7. The van der Waals surface area contributed by atoms with Gasteiger partial charge in [0.05, 0.1) is 0 Å². The number of amides is 1. The molecular formula is C7H15NO3. The highest BCUT2D eigenvalue weighted by atomic mass is 16.6. The van der Waals surface area contributed by atoms with Crippen molar-refractivity contribution in [1.29, 1.82) is 0 Å². The zero-order valence-corrected chi connectivity index (χ0v) is 6.75. The Labute approximate surface area is 66.5 Å². The van der Waals surface area contributed by atoms with Crippen LogP contribution in [0.3, 0.4) is 0 Å². The lowest BCUT2D eigenvalue weighted by Crippen LogP contribution is -2.17. The Hall–Kier alpha value is -0.610. The van der Waals surface area contributed by atoms with Crippen molar-refractivity contribution in [3.8, 4) is 0 Å². The van der Waals surface area contributed by atoms with Gasteiger partial charge < -0.3 is 15.2 Å². The zero-order valence-electron chi connectivity index (χ0n) is 6.75. The molecule has 0 aliphatic heterocycles. The normalized spacial score (nSPS) is 12.5. The van der Waals surface area contributed by atoms with E-state index in [9.17, 15) is 4.79 Å². The number of aliphatic hydroxyl groups is 1. The number of ether oxygens (including phenoxy) is 1. The molecule has 1 unspecified atom stereocenters. The molecule has 0 fully saturated rings. The Morgan fingerprint density at radius 2 is 2.45 bits per heavy atom. The summed E-state index contributed by atoms with van der Waals surface area (Å²) in [6, 6.07) is 0. The molecule has 0 heterocycles. The highest BCUT2D eigenvalue weighted by molar-refractivity contribution is 5.45. The molecule has 0 aromatic rings. The van der Waals surface area contributed by atoms with Gasteiger partial charge in [-0.15, -0.1) is 0 Å². The molecule has 11 heavy (non-hydrogen) atoms. The first kappa shape index (κ1) is 10.4. The van der Waals surface area contributed by atoms with E-state index in [1.807, 2.05) is 6.92 Å². The lowest BCUT2D eigenvalue weighted by Gasteiger charge is -2.08. The van der Waals surface area contributed by atoms with Crippen molar-refractivity contribution in [2.45, 2.75) is 26.1 Å². The standard InChI is InChI=1S/C7H15NO3/c1-2-11-7(10)4-3-5-8-6-9/h6-7,10H,2-5H2,1H3,(H,8,9). The van der Waals surface area contributed by atoms with Crippen molar-refractivity contribution in [2.24, 2.45) is 0 Å². The summed E-state index contributed by atoms with van der Waals surface area (Å²) in [6.07, 6.45) is 1.26. The molecule has 2 N–H and O–H groups in total. The first-order chi connectivity index (χ1) is 5.31. The van der Waals surface area contributed by atoms with E-state index in [0.717, 1.165) is 6.42 Å². The van der Waals surface area contributed by atoms with Crippen LogP contribution in [0.1, 0.15) is 19.8 Å². The summed E-state index contributed by atoms with van der Waals surface area (Å²) < 4.78 is 4.86. The summed E-state index contributed by atoms with van der Waals surface area (Å²) in [5.74, 6) is 0. The van der Waals surface area contributed by atoms with Gasteiger partial charge in [-0.05, 0) is 19.8 Å². The van der Waals surface area contributed by atoms with E-state index < -0.39 is 6.29 Å². The van der Waals surface area contributed by atoms with Crippen molar-refractivity contribution >= 4 is 6.41 Å². The second-order valence-corrected chi connectivity index (χ2v) is 2.12. The molecule has 0 aromatic heterocycles. The van der Waals surface area contributed by atoms with Gasteiger partial charge in [0.2, 0.25) is 6.41 Å². The third-order valence-corrected chi connectivity index (χ3v) is 1.21. The number of carbonyl (C=O) groups is 1. The molecule has 0 spiro atoms. The van der Waals surface area contributed by atoms with Gasteiger partial charge in [-0.2, -0.15) is 0 Å². The van der Waals surface area contributed by atoms with Crippen LogP contribution in [0.2, 0.25) is 0 Å². The van der Waals surface area contributed by atoms with Crippen LogP contribution in [-0.2, 0) is 9.53 Å². The van der Waals surface area contributed by atoms with Gasteiger partial charge in [-0.1, -0.05) is 0 Å². The summed E-state index contributed by atoms with van der Waals surface area (Å²) in [5.41, 5.74) is 0. The van der Waals surface area contributed by atoms with Crippen LogP contribution in [0.4, 0.5) is 0 Å². The van der Waals surface area contributed by atoms with Gasteiger partial charge in [0, 0.05) is 13.2 Å². The summed E-state index contributed by atoms with van der Waals surface area (Å²) >= 11 is 0. The maximum atomic E-state index is 9.77. The summed E-state index contributed by atoms with van der Waals surface area (Å²) in [4.78, 5) is 9.77. The molecule has 1 atom stereocenters. The topological polar surface area (TPSA) is 58.6 Å². The minimum absolute atomic E-state index is 0.516. The first-order valence-corrected chi connectivity index (χ1v) is 3.78. The molecule has 0 saturated carbocycles. The third kappa shape index (κ3) is 7.29. The molecule has 66 valence electrons. The van der Waals surface area contributed by atoms with Gasteiger partial charge in [0.1, 0.15) is 0 Å². The van der Waals surface area contributed by atoms with E-state index in [4.69, 9.17) is 9.84 Å². The van der Waals surface area contributed by atoms with Crippen LogP contribution in [0.15, 0.2) is 0 Å². The predicted molar refractivity (Wildman–Crippen MR) is 40.9 cm³/mol. The van der Waals surface area contributed by atoms with Crippen LogP contribution in [-0.4, -0.2) is 31.0 Å². The van der Waals surface area contributed by atoms with E-state index in [1.165, 1.54) is 0 Å². The maximum absolute atomic E-state index is 9.77. The quantitative estimate of drug-likeness (QED) is 0.310. The Bertz CT molecular complexity index is 97.7.